The molecule has 4 heteroatoms. The Hall–Kier alpha value is -1.32. The summed E-state index contributed by atoms with van der Waals surface area (Å²) in [5.74, 6) is 2.43. The van der Waals surface area contributed by atoms with Crippen LogP contribution in [0.1, 0.15) is 59.2 Å². The van der Waals surface area contributed by atoms with Crippen LogP contribution in [0.4, 0.5) is 5.82 Å². The lowest BCUT2D eigenvalue weighted by Crippen LogP contribution is -2.14. The number of aromatic nitrogens is 2. The molecule has 1 heterocycles. The fourth-order valence-electron chi connectivity index (χ4n) is 1.88. The molecular weight excluding hydrogens is 238 g/mol. The quantitative estimate of drug-likeness (QED) is 0.737. The molecule has 0 aromatic carbocycles. The van der Waals surface area contributed by atoms with Crippen molar-refractivity contribution in [2.45, 2.75) is 65.9 Å². The standard InChI is InChI=1S/C15H27N3O/c1-5-8-12(4)19-15-11-14(16-10-7-3)17-13(18-15)9-6-2/h11-12H,5-10H2,1-4H3,(H,16,17,18). The summed E-state index contributed by atoms with van der Waals surface area (Å²) in [6, 6.07) is 1.90. The lowest BCUT2D eigenvalue weighted by atomic mass is 10.2. The molecule has 1 aromatic rings. The molecule has 1 N–H and O–H groups in total. The number of rotatable bonds is 9. The zero-order valence-corrected chi connectivity index (χ0v) is 12.7. The zero-order chi connectivity index (χ0) is 14.1. The van der Waals surface area contributed by atoms with Crippen LogP contribution in [0.3, 0.4) is 0 Å². The fourth-order valence-corrected chi connectivity index (χ4v) is 1.88. The van der Waals surface area contributed by atoms with Crippen LogP contribution >= 0.6 is 0 Å². The van der Waals surface area contributed by atoms with Gasteiger partial charge in [-0.3, -0.25) is 0 Å². The molecule has 1 unspecified atom stereocenters. The van der Waals surface area contributed by atoms with Crippen LogP contribution in [0, 0.1) is 0 Å². The van der Waals surface area contributed by atoms with E-state index in [0.717, 1.165) is 50.3 Å². The predicted octanol–water partition coefficient (Wildman–Crippen LogP) is 3.82. The van der Waals surface area contributed by atoms with E-state index in [-0.39, 0.29) is 6.10 Å². The molecule has 0 aliphatic carbocycles. The minimum absolute atomic E-state index is 0.202. The van der Waals surface area contributed by atoms with Gasteiger partial charge in [0, 0.05) is 19.0 Å². The third-order valence-corrected chi connectivity index (χ3v) is 2.80. The first-order chi connectivity index (χ1) is 9.19. The first-order valence-corrected chi connectivity index (χ1v) is 7.48. The molecule has 1 aromatic heterocycles. The molecule has 0 fully saturated rings. The zero-order valence-electron chi connectivity index (χ0n) is 12.7. The van der Waals surface area contributed by atoms with Crippen LogP contribution in [0.5, 0.6) is 5.88 Å². The molecular formula is C15H27N3O. The smallest absolute Gasteiger partial charge is 0.218 e. The van der Waals surface area contributed by atoms with Gasteiger partial charge in [0.25, 0.3) is 0 Å². The third kappa shape index (κ3) is 5.90. The van der Waals surface area contributed by atoms with E-state index in [9.17, 15) is 0 Å². The van der Waals surface area contributed by atoms with Gasteiger partial charge in [-0.1, -0.05) is 27.2 Å². The Bertz CT molecular complexity index is 368. The summed E-state index contributed by atoms with van der Waals surface area (Å²) in [5, 5.41) is 3.31. The van der Waals surface area contributed by atoms with E-state index < -0.39 is 0 Å². The molecule has 0 aliphatic rings. The Labute approximate surface area is 117 Å². The second kappa shape index (κ2) is 8.73. The van der Waals surface area contributed by atoms with Crippen molar-refractivity contribution in [3.63, 3.8) is 0 Å². The van der Waals surface area contributed by atoms with Crippen LogP contribution in [0.25, 0.3) is 0 Å². The number of aryl methyl sites for hydroxylation is 1. The van der Waals surface area contributed by atoms with Gasteiger partial charge in [-0.05, 0) is 26.2 Å². The van der Waals surface area contributed by atoms with E-state index in [1.807, 2.05) is 6.07 Å². The number of nitrogens with one attached hydrogen (secondary N) is 1. The normalized spacial score (nSPS) is 12.2. The van der Waals surface area contributed by atoms with E-state index in [1.165, 1.54) is 0 Å². The van der Waals surface area contributed by atoms with Crippen LogP contribution in [-0.4, -0.2) is 22.6 Å². The van der Waals surface area contributed by atoms with Crippen molar-refractivity contribution in [1.82, 2.24) is 9.97 Å². The Kier molecular flexibility index (Phi) is 7.23. The highest BCUT2D eigenvalue weighted by molar-refractivity contribution is 5.38. The molecule has 1 rings (SSSR count). The van der Waals surface area contributed by atoms with Crippen LogP contribution in [0.2, 0.25) is 0 Å². The Morgan fingerprint density at radius 2 is 1.95 bits per heavy atom. The Morgan fingerprint density at radius 3 is 2.58 bits per heavy atom. The number of nitrogens with zero attached hydrogens (tertiary/aromatic N) is 2. The third-order valence-electron chi connectivity index (χ3n) is 2.80. The summed E-state index contributed by atoms with van der Waals surface area (Å²) >= 11 is 0. The lowest BCUT2D eigenvalue weighted by Gasteiger charge is -2.15. The molecule has 19 heavy (non-hydrogen) atoms. The summed E-state index contributed by atoms with van der Waals surface area (Å²) in [6.07, 6.45) is 5.38. The largest absolute Gasteiger partial charge is 0.475 e. The van der Waals surface area contributed by atoms with Crippen molar-refractivity contribution in [3.8, 4) is 5.88 Å². The first-order valence-electron chi connectivity index (χ1n) is 7.48. The molecule has 0 radical (unpaired) electrons. The number of anilines is 1. The van der Waals surface area contributed by atoms with Gasteiger partial charge >= 0.3 is 0 Å². The maximum absolute atomic E-state index is 5.87. The second-order valence-electron chi connectivity index (χ2n) is 4.90. The molecule has 0 spiro atoms. The topological polar surface area (TPSA) is 47.0 Å². The van der Waals surface area contributed by atoms with E-state index in [0.29, 0.717) is 5.88 Å². The van der Waals surface area contributed by atoms with Gasteiger partial charge in [-0.15, -0.1) is 0 Å². The first kappa shape index (κ1) is 15.7. The summed E-state index contributed by atoms with van der Waals surface area (Å²) < 4.78 is 5.87. The van der Waals surface area contributed by atoms with Gasteiger partial charge in [-0.2, -0.15) is 4.98 Å². The molecule has 4 nitrogen and oxygen atoms in total. The lowest BCUT2D eigenvalue weighted by molar-refractivity contribution is 0.200. The summed E-state index contributed by atoms with van der Waals surface area (Å²) in [7, 11) is 0. The maximum atomic E-state index is 5.87. The van der Waals surface area contributed by atoms with Crippen molar-refractivity contribution in [2.24, 2.45) is 0 Å². The fraction of sp³-hybridized carbons (Fsp3) is 0.733. The highest BCUT2D eigenvalue weighted by Gasteiger charge is 2.08. The van der Waals surface area contributed by atoms with E-state index in [2.05, 4.69) is 43.0 Å². The average Bonchev–Trinajstić information content (AvgIpc) is 2.36. The van der Waals surface area contributed by atoms with Crippen LogP contribution in [0.15, 0.2) is 6.07 Å². The summed E-state index contributed by atoms with van der Waals surface area (Å²) in [5.41, 5.74) is 0. The molecule has 0 aliphatic heterocycles. The van der Waals surface area contributed by atoms with Crippen molar-refractivity contribution in [2.75, 3.05) is 11.9 Å². The van der Waals surface area contributed by atoms with E-state index in [1.54, 1.807) is 0 Å². The van der Waals surface area contributed by atoms with E-state index in [4.69, 9.17) is 4.74 Å². The van der Waals surface area contributed by atoms with Crippen molar-refractivity contribution in [1.29, 1.82) is 0 Å². The van der Waals surface area contributed by atoms with Crippen molar-refractivity contribution in [3.05, 3.63) is 11.9 Å². The molecule has 108 valence electrons. The molecule has 0 saturated heterocycles. The Morgan fingerprint density at radius 1 is 1.16 bits per heavy atom. The molecule has 1 atom stereocenters. The van der Waals surface area contributed by atoms with Crippen molar-refractivity contribution < 1.29 is 4.74 Å². The monoisotopic (exact) mass is 265 g/mol. The number of hydrogen-bond acceptors (Lipinski definition) is 4. The highest BCUT2D eigenvalue weighted by atomic mass is 16.5. The highest BCUT2D eigenvalue weighted by Crippen LogP contribution is 2.17. The van der Waals surface area contributed by atoms with Gasteiger partial charge in [0.05, 0.1) is 6.10 Å². The number of hydrogen-bond donors (Lipinski definition) is 1. The van der Waals surface area contributed by atoms with E-state index >= 15 is 0 Å². The van der Waals surface area contributed by atoms with Gasteiger partial charge < -0.3 is 10.1 Å². The second-order valence-corrected chi connectivity index (χ2v) is 4.90. The Balaban J connectivity index is 2.79. The van der Waals surface area contributed by atoms with Gasteiger partial charge in [0.15, 0.2) is 0 Å². The average molecular weight is 265 g/mol. The maximum Gasteiger partial charge on any atom is 0.218 e. The van der Waals surface area contributed by atoms with Gasteiger partial charge in [0.1, 0.15) is 11.6 Å². The summed E-state index contributed by atoms with van der Waals surface area (Å²) in [4.78, 5) is 8.99. The van der Waals surface area contributed by atoms with Crippen molar-refractivity contribution >= 4 is 5.82 Å². The predicted molar refractivity (Wildman–Crippen MR) is 79.8 cm³/mol. The van der Waals surface area contributed by atoms with Gasteiger partial charge in [0.2, 0.25) is 5.88 Å². The number of ether oxygens (including phenoxy) is 1. The van der Waals surface area contributed by atoms with Gasteiger partial charge in [-0.25, -0.2) is 4.98 Å². The molecule has 0 saturated carbocycles. The molecule has 0 bridgehead atoms. The van der Waals surface area contributed by atoms with Crippen LogP contribution in [-0.2, 0) is 6.42 Å². The minimum Gasteiger partial charge on any atom is -0.475 e. The SMILES string of the molecule is CCCNc1cc(OC(C)CCC)nc(CCC)n1. The minimum atomic E-state index is 0.202. The van der Waals surface area contributed by atoms with Crippen LogP contribution < -0.4 is 10.1 Å². The summed E-state index contributed by atoms with van der Waals surface area (Å²) in [6.45, 7) is 9.45. The molecule has 0 amide bonds.